The van der Waals surface area contributed by atoms with E-state index in [0.29, 0.717) is 13.1 Å². The summed E-state index contributed by atoms with van der Waals surface area (Å²) in [6.07, 6.45) is 0.977. The number of thioether (sulfide) groups is 1. The number of hydrogen-bond acceptors (Lipinski definition) is 4. The molecule has 3 N–H and O–H groups in total. The Labute approximate surface area is 87.4 Å². The number of nitrogens with zero attached hydrogens (tertiary/aromatic N) is 1. The van der Waals surface area contributed by atoms with Gasteiger partial charge in [0.25, 0.3) is 0 Å². The van der Waals surface area contributed by atoms with Crippen molar-refractivity contribution in [2.24, 2.45) is 5.73 Å². The molecule has 1 heterocycles. The van der Waals surface area contributed by atoms with Gasteiger partial charge in [-0.1, -0.05) is 0 Å². The van der Waals surface area contributed by atoms with Crippen LogP contribution in [0.5, 0.6) is 0 Å². The number of rotatable bonds is 6. The second kappa shape index (κ2) is 5.87. The minimum Gasteiger partial charge on any atom is -0.330 e. The lowest BCUT2D eigenvalue weighted by molar-refractivity contribution is -0.124. The number of nitrogens with two attached hydrogens (primary N) is 1. The number of carbonyl (C=O) groups excluding carboxylic acids is 2. The van der Waals surface area contributed by atoms with Crippen LogP contribution in [0.2, 0.25) is 0 Å². The van der Waals surface area contributed by atoms with Crippen LogP contribution in [-0.2, 0) is 4.79 Å². The van der Waals surface area contributed by atoms with Gasteiger partial charge in [-0.05, 0) is 18.7 Å². The van der Waals surface area contributed by atoms with E-state index in [0.717, 1.165) is 17.9 Å². The van der Waals surface area contributed by atoms with Gasteiger partial charge in [0, 0.05) is 12.3 Å². The van der Waals surface area contributed by atoms with Gasteiger partial charge < -0.3 is 11.1 Å². The SMILES string of the molecule is NCCCSCCN1C(=O)CNC1=O. The Hall–Kier alpha value is -0.750. The van der Waals surface area contributed by atoms with Gasteiger partial charge in [-0.15, -0.1) is 0 Å². The molecule has 1 aliphatic heterocycles. The lowest BCUT2D eigenvalue weighted by atomic mass is 10.5. The van der Waals surface area contributed by atoms with Gasteiger partial charge in [-0.25, -0.2) is 4.79 Å². The van der Waals surface area contributed by atoms with Gasteiger partial charge in [-0.2, -0.15) is 11.8 Å². The molecule has 3 amide bonds. The van der Waals surface area contributed by atoms with Crippen LogP contribution in [0.3, 0.4) is 0 Å². The molecule has 0 bridgehead atoms. The molecule has 1 fully saturated rings. The first kappa shape index (κ1) is 11.3. The predicted molar refractivity (Wildman–Crippen MR) is 56.1 cm³/mol. The highest BCUT2D eigenvalue weighted by Gasteiger charge is 2.27. The van der Waals surface area contributed by atoms with E-state index in [9.17, 15) is 9.59 Å². The second-order valence-electron chi connectivity index (χ2n) is 2.96. The third-order valence-electron chi connectivity index (χ3n) is 1.89. The van der Waals surface area contributed by atoms with Gasteiger partial charge in [0.05, 0.1) is 6.54 Å². The third kappa shape index (κ3) is 3.19. The Morgan fingerprint density at radius 2 is 2.21 bits per heavy atom. The summed E-state index contributed by atoms with van der Waals surface area (Å²) in [4.78, 5) is 23.4. The van der Waals surface area contributed by atoms with Crippen LogP contribution in [0.25, 0.3) is 0 Å². The van der Waals surface area contributed by atoms with Crippen molar-refractivity contribution < 1.29 is 9.59 Å². The smallest absolute Gasteiger partial charge is 0.324 e. The summed E-state index contributed by atoms with van der Waals surface area (Å²) < 4.78 is 0. The van der Waals surface area contributed by atoms with Crippen LogP contribution in [0, 0.1) is 0 Å². The van der Waals surface area contributed by atoms with E-state index in [-0.39, 0.29) is 18.5 Å². The van der Waals surface area contributed by atoms with Crippen molar-refractivity contribution in [3.05, 3.63) is 0 Å². The third-order valence-corrected chi connectivity index (χ3v) is 2.94. The van der Waals surface area contributed by atoms with Gasteiger partial charge in [0.2, 0.25) is 5.91 Å². The maximum Gasteiger partial charge on any atom is 0.324 e. The summed E-state index contributed by atoms with van der Waals surface area (Å²) in [7, 11) is 0. The second-order valence-corrected chi connectivity index (χ2v) is 4.18. The average molecular weight is 217 g/mol. The van der Waals surface area contributed by atoms with Crippen molar-refractivity contribution in [1.82, 2.24) is 10.2 Å². The Kier molecular flexibility index (Phi) is 4.75. The zero-order chi connectivity index (χ0) is 10.4. The Morgan fingerprint density at radius 1 is 1.43 bits per heavy atom. The number of imide groups is 1. The summed E-state index contributed by atoms with van der Waals surface area (Å²) in [5.41, 5.74) is 5.34. The average Bonchev–Trinajstić information content (AvgIpc) is 2.48. The van der Waals surface area contributed by atoms with Gasteiger partial charge in [0.15, 0.2) is 0 Å². The van der Waals surface area contributed by atoms with Crippen LogP contribution < -0.4 is 11.1 Å². The fraction of sp³-hybridized carbons (Fsp3) is 0.750. The first-order chi connectivity index (χ1) is 6.75. The van der Waals surface area contributed by atoms with Crippen LogP contribution >= 0.6 is 11.8 Å². The molecule has 14 heavy (non-hydrogen) atoms. The number of hydrogen-bond donors (Lipinski definition) is 2. The molecule has 0 atom stereocenters. The zero-order valence-corrected chi connectivity index (χ0v) is 8.81. The summed E-state index contributed by atoms with van der Waals surface area (Å²) in [5, 5.41) is 2.48. The highest BCUT2D eigenvalue weighted by molar-refractivity contribution is 7.99. The topological polar surface area (TPSA) is 75.4 Å². The normalized spacial score (nSPS) is 16.2. The molecule has 0 unspecified atom stereocenters. The van der Waals surface area contributed by atoms with Crippen LogP contribution in [0.15, 0.2) is 0 Å². The molecule has 1 aliphatic rings. The lowest BCUT2D eigenvalue weighted by Crippen LogP contribution is -2.32. The van der Waals surface area contributed by atoms with Gasteiger partial charge in [0.1, 0.15) is 0 Å². The Morgan fingerprint density at radius 3 is 2.79 bits per heavy atom. The summed E-state index contributed by atoms with van der Waals surface area (Å²) in [6, 6.07) is -0.269. The largest absolute Gasteiger partial charge is 0.330 e. The lowest BCUT2D eigenvalue weighted by Gasteiger charge is -2.11. The number of carbonyl (C=O) groups is 2. The fourth-order valence-corrected chi connectivity index (χ4v) is 2.01. The molecular weight excluding hydrogens is 202 g/mol. The summed E-state index contributed by atoms with van der Waals surface area (Å²) in [5.74, 6) is 1.65. The summed E-state index contributed by atoms with van der Waals surface area (Å²) in [6.45, 7) is 1.34. The van der Waals surface area contributed by atoms with Crippen molar-refractivity contribution in [3.63, 3.8) is 0 Å². The minimum atomic E-state index is -0.269. The molecule has 80 valence electrons. The minimum absolute atomic E-state index is 0.130. The molecule has 1 rings (SSSR count). The molecule has 0 aromatic carbocycles. The predicted octanol–water partition coefficient (Wildman–Crippen LogP) is -0.380. The zero-order valence-electron chi connectivity index (χ0n) is 7.99. The molecule has 0 spiro atoms. The number of nitrogens with one attached hydrogen (secondary N) is 1. The molecule has 0 aromatic heterocycles. The maximum atomic E-state index is 11.1. The van der Waals surface area contributed by atoms with Crippen LogP contribution in [0.1, 0.15) is 6.42 Å². The highest BCUT2D eigenvalue weighted by atomic mass is 32.2. The fourth-order valence-electron chi connectivity index (χ4n) is 1.12. The van der Waals surface area contributed by atoms with Crippen LogP contribution in [-0.4, -0.2) is 48.0 Å². The van der Waals surface area contributed by atoms with Crippen LogP contribution in [0.4, 0.5) is 4.79 Å². The number of urea groups is 1. The molecule has 0 aromatic rings. The standard InChI is InChI=1S/C8H15N3O2S/c9-2-1-4-14-5-3-11-7(12)6-10-8(11)13/h1-6,9H2,(H,10,13). The van der Waals surface area contributed by atoms with E-state index >= 15 is 0 Å². The van der Waals surface area contributed by atoms with E-state index < -0.39 is 0 Å². The van der Waals surface area contributed by atoms with E-state index in [1.165, 1.54) is 4.90 Å². The summed E-state index contributed by atoms with van der Waals surface area (Å²) >= 11 is 1.71. The molecule has 5 nitrogen and oxygen atoms in total. The van der Waals surface area contributed by atoms with Gasteiger partial charge in [-0.3, -0.25) is 9.69 Å². The Balaban J connectivity index is 2.11. The van der Waals surface area contributed by atoms with E-state index in [4.69, 9.17) is 5.73 Å². The quantitative estimate of drug-likeness (QED) is 0.470. The van der Waals surface area contributed by atoms with E-state index in [1.807, 2.05) is 0 Å². The maximum absolute atomic E-state index is 11.1. The first-order valence-corrected chi connectivity index (χ1v) is 5.77. The number of amides is 3. The molecule has 0 radical (unpaired) electrons. The monoisotopic (exact) mass is 217 g/mol. The highest BCUT2D eigenvalue weighted by Crippen LogP contribution is 2.05. The first-order valence-electron chi connectivity index (χ1n) is 4.61. The van der Waals surface area contributed by atoms with Crippen molar-refractivity contribution in [1.29, 1.82) is 0 Å². The molecule has 1 saturated heterocycles. The Bertz CT molecular complexity index is 207. The molecule has 0 aliphatic carbocycles. The van der Waals surface area contributed by atoms with Crippen molar-refractivity contribution in [2.75, 3.05) is 31.1 Å². The molecular formula is C8H15N3O2S. The van der Waals surface area contributed by atoms with Crippen molar-refractivity contribution >= 4 is 23.7 Å². The van der Waals surface area contributed by atoms with E-state index in [2.05, 4.69) is 5.32 Å². The van der Waals surface area contributed by atoms with Gasteiger partial charge >= 0.3 is 6.03 Å². The van der Waals surface area contributed by atoms with Crippen molar-refractivity contribution in [2.45, 2.75) is 6.42 Å². The van der Waals surface area contributed by atoms with E-state index in [1.54, 1.807) is 11.8 Å². The molecule has 0 saturated carbocycles. The van der Waals surface area contributed by atoms with Crippen molar-refractivity contribution in [3.8, 4) is 0 Å². The molecule has 6 heteroatoms.